The van der Waals surface area contributed by atoms with E-state index in [0.29, 0.717) is 0 Å². The fourth-order valence-corrected chi connectivity index (χ4v) is 2.82. The van der Waals surface area contributed by atoms with Crippen LogP contribution in [0.25, 0.3) is 10.6 Å². The molecule has 11 heavy (non-hydrogen) atoms. The zero-order chi connectivity index (χ0) is 7.68. The van der Waals surface area contributed by atoms with Gasteiger partial charge in [-0.3, -0.25) is 0 Å². The first-order valence-electron chi connectivity index (χ1n) is 3.01. The van der Waals surface area contributed by atoms with Crippen LogP contribution in [0.2, 0.25) is 0 Å². The van der Waals surface area contributed by atoms with Crippen molar-refractivity contribution < 1.29 is 0 Å². The third-order valence-electron chi connectivity index (χ3n) is 1.28. The van der Waals surface area contributed by atoms with E-state index in [1.165, 1.54) is 4.88 Å². The van der Waals surface area contributed by atoms with Crippen molar-refractivity contribution >= 4 is 38.6 Å². The molecular formula is C7H4BrNS2. The summed E-state index contributed by atoms with van der Waals surface area (Å²) in [6.07, 6.45) is 0. The molecular weight excluding hydrogens is 242 g/mol. The number of thiazole rings is 1. The predicted octanol–water partition coefficient (Wildman–Crippen LogP) is 3.63. The topological polar surface area (TPSA) is 12.9 Å². The van der Waals surface area contributed by atoms with Crippen LogP contribution in [-0.4, -0.2) is 4.98 Å². The van der Waals surface area contributed by atoms with Gasteiger partial charge in [-0.25, -0.2) is 4.98 Å². The van der Waals surface area contributed by atoms with Crippen molar-refractivity contribution in [1.82, 2.24) is 4.98 Å². The first kappa shape index (κ1) is 7.46. The Bertz CT molecular complexity index is 339. The van der Waals surface area contributed by atoms with Crippen molar-refractivity contribution in [3.05, 3.63) is 26.8 Å². The quantitative estimate of drug-likeness (QED) is 0.748. The second-order valence-electron chi connectivity index (χ2n) is 1.95. The summed E-state index contributed by atoms with van der Waals surface area (Å²) in [6, 6.07) is 4.11. The van der Waals surface area contributed by atoms with Crippen LogP contribution >= 0.6 is 38.6 Å². The lowest BCUT2D eigenvalue weighted by atomic mass is 10.4. The molecule has 0 aliphatic rings. The van der Waals surface area contributed by atoms with Crippen molar-refractivity contribution in [2.24, 2.45) is 0 Å². The molecule has 0 N–H and O–H groups in total. The predicted molar refractivity (Wildman–Crippen MR) is 53.1 cm³/mol. The number of nitrogens with zero attached hydrogens (tertiary/aromatic N) is 1. The summed E-state index contributed by atoms with van der Waals surface area (Å²) in [4.78, 5) is 5.46. The van der Waals surface area contributed by atoms with Gasteiger partial charge in [0.15, 0.2) is 0 Å². The Balaban J connectivity index is 2.53. The summed E-state index contributed by atoms with van der Waals surface area (Å²) in [5.41, 5.74) is 2.91. The number of hydrogen-bond donors (Lipinski definition) is 0. The Labute approximate surface area is 80.9 Å². The Hall–Kier alpha value is -0.190. The first-order valence-corrected chi connectivity index (χ1v) is 5.56. The molecule has 0 unspecified atom stereocenters. The highest BCUT2D eigenvalue weighted by molar-refractivity contribution is 9.11. The van der Waals surface area contributed by atoms with Gasteiger partial charge < -0.3 is 0 Å². The van der Waals surface area contributed by atoms with Crippen molar-refractivity contribution in [3.8, 4) is 10.6 Å². The molecule has 0 saturated heterocycles. The number of halogens is 1. The maximum absolute atomic E-state index is 4.24. The van der Waals surface area contributed by atoms with Crippen molar-refractivity contribution in [1.29, 1.82) is 0 Å². The van der Waals surface area contributed by atoms with Gasteiger partial charge in [0.2, 0.25) is 0 Å². The van der Waals surface area contributed by atoms with Crippen LogP contribution in [-0.2, 0) is 0 Å². The summed E-state index contributed by atoms with van der Waals surface area (Å²) < 4.78 is 1.11. The molecule has 0 saturated carbocycles. The van der Waals surface area contributed by atoms with Crippen LogP contribution in [0.5, 0.6) is 0 Å². The highest BCUT2D eigenvalue weighted by Gasteiger charge is 2.05. The van der Waals surface area contributed by atoms with Gasteiger partial charge in [0.05, 0.1) is 14.2 Å². The molecule has 0 amide bonds. The van der Waals surface area contributed by atoms with Crippen molar-refractivity contribution in [2.45, 2.75) is 0 Å². The van der Waals surface area contributed by atoms with Gasteiger partial charge in [0.25, 0.3) is 0 Å². The monoisotopic (exact) mass is 245 g/mol. The summed E-state index contributed by atoms with van der Waals surface area (Å²) in [5, 5.41) is 2.06. The minimum atomic E-state index is 1.06. The van der Waals surface area contributed by atoms with Gasteiger partial charge in [-0.05, 0) is 27.4 Å². The zero-order valence-electron chi connectivity index (χ0n) is 5.45. The molecule has 1 nitrogen and oxygen atoms in total. The molecule has 0 fully saturated rings. The third kappa shape index (κ3) is 1.38. The average molecular weight is 246 g/mol. The molecule has 2 rings (SSSR count). The van der Waals surface area contributed by atoms with Crippen molar-refractivity contribution in [2.75, 3.05) is 0 Å². The van der Waals surface area contributed by atoms with E-state index < -0.39 is 0 Å². The van der Waals surface area contributed by atoms with Gasteiger partial charge in [0.1, 0.15) is 5.69 Å². The molecule has 4 heteroatoms. The average Bonchev–Trinajstić information content (AvgIpc) is 2.55. The minimum absolute atomic E-state index is 1.06. The maximum atomic E-state index is 4.24. The lowest BCUT2D eigenvalue weighted by Gasteiger charge is -1.88. The lowest BCUT2D eigenvalue weighted by molar-refractivity contribution is 1.42. The Morgan fingerprint density at radius 1 is 1.36 bits per heavy atom. The van der Waals surface area contributed by atoms with Gasteiger partial charge in [-0.1, -0.05) is 6.07 Å². The molecule has 0 radical (unpaired) electrons. The Kier molecular flexibility index (Phi) is 2.07. The lowest BCUT2D eigenvalue weighted by Crippen LogP contribution is -1.68. The Morgan fingerprint density at radius 2 is 2.27 bits per heavy atom. The summed E-state index contributed by atoms with van der Waals surface area (Å²) in [6.45, 7) is 0. The Morgan fingerprint density at radius 3 is 2.82 bits per heavy atom. The number of aromatic nitrogens is 1. The number of rotatable bonds is 1. The van der Waals surface area contributed by atoms with Crippen LogP contribution in [0, 0.1) is 0 Å². The van der Waals surface area contributed by atoms with Gasteiger partial charge >= 0.3 is 0 Å². The molecule has 2 aromatic heterocycles. The maximum Gasteiger partial charge on any atom is 0.105 e. The molecule has 0 spiro atoms. The molecule has 0 aliphatic heterocycles. The first-order chi connectivity index (χ1) is 5.38. The zero-order valence-corrected chi connectivity index (χ0v) is 8.67. The van der Waals surface area contributed by atoms with E-state index in [1.807, 2.05) is 11.6 Å². The summed E-state index contributed by atoms with van der Waals surface area (Å²) in [5.74, 6) is 0. The second-order valence-corrected chi connectivity index (χ2v) is 5.07. The van der Waals surface area contributed by atoms with E-state index in [-0.39, 0.29) is 0 Å². The van der Waals surface area contributed by atoms with E-state index in [9.17, 15) is 0 Å². The summed E-state index contributed by atoms with van der Waals surface area (Å²) >= 11 is 6.77. The molecule has 0 aliphatic carbocycles. The second kappa shape index (κ2) is 3.05. The molecule has 56 valence electrons. The van der Waals surface area contributed by atoms with Crippen LogP contribution < -0.4 is 0 Å². The molecule has 0 bridgehead atoms. The van der Waals surface area contributed by atoms with E-state index in [2.05, 4.69) is 32.4 Å². The van der Waals surface area contributed by atoms with E-state index in [0.717, 1.165) is 9.48 Å². The fraction of sp³-hybridized carbons (Fsp3) is 0. The molecule has 0 aromatic carbocycles. The minimum Gasteiger partial charge on any atom is -0.243 e. The van der Waals surface area contributed by atoms with E-state index in [1.54, 1.807) is 22.7 Å². The van der Waals surface area contributed by atoms with Gasteiger partial charge in [-0.2, -0.15) is 0 Å². The number of hydrogen-bond acceptors (Lipinski definition) is 3. The van der Waals surface area contributed by atoms with Gasteiger partial charge in [0, 0.05) is 0 Å². The normalized spacial score (nSPS) is 10.3. The van der Waals surface area contributed by atoms with Crippen LogP contribution in [0.1, 0.15) is 0 Å². The SMILES string of the molecule is Brc1scnc1-c1cccs1. The van der Waals surface area contributed by atoms with Crippen LogP contribution in [0.4, 0.5) is 0 Å². The van der Waals surface area contributed by atoms with Crippen LogP contribution in [0.15, 0.2) is 26.8 Å². The molecule has 2 heterocycles. The molecule has 2 aromatic rings. The standard InChI is InChI=1S/C7H4BrNS2/c8-7-6(9-4-11-7)5-2-1-3-10-5/h1-4H. The highest BCUT2D eigenvalue weighted by atomic mass is 79.9. The summed E-state index contributed by atoms with van der Waals surface area (Å²) in [7, 11) is 0. The van der Waals surface area contributed by atoms with Gasteiger partial charge in [-0.15, -0.1) is 22.7 Å². The highest BCUT2D eigenvalue weighted by Crippen LogP contribution is 2.32. The van der Waals surface area contributed by atoms with Crippen LogP contribution in [0.3, 0.4) is 0 Å². The third-order valence-corrected chi connectivity index (χ3v) is 3.70. The van der Waals surface area contributed by atoms with Crippen molar-refractivity contribution in [3.63, 3.8) is 0 Å². The molecule has 0 atom stereocenters. The van der Waals surface area contributed by atoms with E-state index in [4.69, 9.17) is 0 Å². The van der Waals surface area contributed by atoms with E-state index >= 15 is 0 Å². The smallest absolute Gasteiger partial charge is 0.105 e. The fourth-order valence-electron chi connectivity index (χ4n) is 0.806. The number of thiophene rings is 1. The largest absolute Gasteiger partial charge is 0.243 e.